The predicted octanol–water partition coefficient (Wildman–Crippen LogP) is 3.43. The number of rotatable bonds is 5. The highest BCUT2D eigenvalue weighted by Gasteiger charge is 2.41. The average Bonchev–Trinajstić information content (AvgIpc) is 3.07. The molecule has 2 aromatic carbocycles. The van der Waals surface area contributed by atoms with Crippen molar-refractivity contribution in [2.24, 2.45) is 5.92 Å². The molecule has 3 rings (SSSR count). The van der Waals surface area contributed by atoms with E-state index in [0.717, 1.165) is 5.56 Å². The minimum absolute atomic E-state index is 0.178. The van der Waals surface area contributed by atoms with Gasteiger partial charge in [-0.3, -0.25) is 9.59 Å². The number of carboxylic acid groups (broad SMARTS) is 1. The number of hydrogen-bond donors (Lipinski definition) is 1. The number of likely N-dealkylation sites (tertiary alicyclic amines) is 1. The molecule has 0 aromatic heterocycles. The molecule has 0 spiro atoms. The fourth-order valence-electron chi connectivity index (χ4n) is 3.32. The fourth-order valence-corrected chi connectivity index (χ4v) is 3.50. The van der Waals surface area contributed by atoms with Crippen LogP contribution in [0.3, 0.4) is 0 Å². The molecule has 1 aliphatic rings. The molecule has 1 aliphatic heterocycles. The van der Waals surface area contributed by atoms with Crippen LogP contribution in [0.5, 0.6) is 5.75 Å². The molecule has 3 atom stereocenters. The monoisotopic (exact) mass is 373 g/mol. The number of benzene rings is 2. The molecular weight excluding hydrogens is 354 g/mol. The van der Waals surface area contributed by atoms with Crippen LogP contribution in [-0.2, 0) is 9.59 Å². The second-order valence-electron chi connectivity index (χ2n) is 6.42. The zero-order valence-electron chi connectivity index (χ0n) is 14.3. The van der Waals surface area contributed by atoms with E-state index >= 15 is 0 Å². The molecule has 0 aliphatic carbocycles. The number of amides is 1. The summed E-state index contributed by atoms with van der Waals surface area (Å²) in [6.45, 7) is 2.20. The van der Waals surface area contributed by atoms with Crippen LogP contribution >= 0.6 is 11.6 Å². The van der Waals surface area contributed by atoms with E-state index < -0.39 is 18.0 Å². The lowest BCUT2D eigenvalue weighted by Crippen LogP contribution is -2.39. The number of ether oxygens (including phenoxy) is 1. The van der Waals surface area contributed by atoms with Crippen LogP contribution in [0.25, 0.3) is 0 Å². The van der Waals surface area contributed by atoms with Crippen molar-refractivity contribution in [3.63, 3.8) is 0 Å². The third-order valence-corrected chi connectivity index (χ3v) is 4.87. The maximum Gasteiger partial charge on any atom is 0.308 e. The fraction of sp³-hybridized carbons (Fsp3) is 0.300. The van der Waals surface area contributed by atoms with E-state index in [1.54, 1.807) is 36.1 Å². The molecule has 0 saturated carbocycles. The number of carbonyl (C=O) groups is 2. The van der Waals surface area contributed by atoms with Crippen LogP contribution in [-0.4, -0.2) is 41.1 Å². The second kappa shape index (κ2) is 7.79. The van der Waals surface area contributed by atoms with Gasteiger partial charge in [-0.15, -0.1) is 0 Å². The number of halogens is 1. The summed E-state index contributed by atoms with van der Waals surface area (Å²) < 4.78 is 5.68. The number of carbonyl (C=O) groups excluding carboxylic acids is 1. The highest BCUT2D eigenvalue weighted by molar-refractivity contribution is 6.30. The van der Waals surface area contributed by atoms with E-state index in [4.69, 9.17) is 16.3 Å². The van der Waals surface area contributed by atoms with Gasteiger partial charge in [0, 0.05) is 24.0 Å². The van der Waals surface area contributed by atoms with Gasteiger partial charge in [0.2, 0.25) is 0 Å². The Morgan fingerprint density at radius 2 is 1.88 bits per heavy atom. The van der Waals surface area contributed by atoms with Crippen molar-refractivity contribution >= 4 is 23.5 Å². The van der Waals surface area contributed by atoms with Gasteiger partial charge in [-0.05, 0) is 30.7 Å². The van der Waals surface area contributed by atoms with Crippen LogP contribution in [0.1, 0.15) is 18.4 Å². The first-order chi connectivity index (χ1) is 12.5. The summed E-state index contributed by atoms with van der Waals surface area (Å²) in [7, 11) is 0. The van der Waals surface area contributed by atoms with Crippen LogP contribution < -0.4 is 4.74 Å². The largest absolute Gasteiger partial charge is 0.481 e. The molecule has 1 fully saturated rings. The van der Waals surface area contributed by atoms with Gasteiger partial charge in [0.05, 0.1) is 5.92 Å². The molecule has 1 saturated heterocycles. The van der Waals surface area contributed by atoms with Crippen molar-refractivity contribution in [3.8, 4) is 5.75 Å². The third-order valence-electron chi connectivity index (χ3n) is 4.63. The van der Waals surface area contributed by atoms with E-state index in [1.165, 1.54) is 0 Å². The lowest BCUT2D eigenvalue weighted by Gasteiger charge is -2.22. The molecular formula is C20H20ClNO4. The van der Waals surface area contributed by atoms with Gasteiger partial charge in [0.1, 0.15) is 5.75 Å². The van der Waals surface area contributed by atoms with E-state index in [-0.39, 0.29) is 18.4 Å². The highest BCUT2D eigenvalue weighted by Crippen LogP contribution is 2.33. The van der Waals surface area contributed by atoms with Crippen molar-refractivity contribution in [3.05, 3.63) is 65.2 Å². The van der Waals surface area contributed by atoms with E-state index in [0.29, 0.717) is 17.3 Å². The Morgan fingerprint density at radius 1 is 1.15 bits per heavy atom. The molecule has 1 amide bonds. The van der Waals surface area contributed by atoms with E-state index in [2.05, 4.69) is 0 Å². The molecule has 136 valence electrons. The van der Waals surface area contributed by atoms with Crippen molar-refractivity contribution < 1.29 is 19.4 Å². The molecule has 2 aromatic rings. The first-order valence-electron chi connectivity index (χ1n) is 8.44. The Morgan fingerprint density at radius 3 is 2.54 bits per heavy atom. The summed E-state index contributed by atoms with van der Waals surface area (Å²) in [5.74, 6) is -1.46. The summed E-state index contributed by atoms with van der Waals surface area (Å²) in [5.41, 5.74) is 0.929. The number of hydrogen-bond acceptors (Lipinski definition) is 3. The molecule has 0 bridgehead atoms. The van der Waals surface area contributed by atoms with E-state index in [1.807, 2.05) is 30.3 Å². The number of nitrogens with zero attached hydrogens (tertiary/aromatic N) is 1. The summed E-state index contributed by atoms with van der Waals surface area (Å²) >= 11 is 5.94. The SMILES string of the molecule is CC(Oc1cccc(Cl)c1)C(=O)N1C[C@H](C(=O)O)[C@H](c2ccccc2)C1. The highest BCUT2D eigenvalue weighted by atomic mass is 35.5. The van der Waals surface area contributed by atoms with Gasteiger partial charge in [-0.2, -0.15) is 0 Å². The summed E-state index contributed by atoms with van der Waals surface area (Å²) in [4.78, 5) is 26.0. The van der Waals surface area contributed by atoms with Gasteiger partial charge in [0.25, 0.3) is 5.91 Å². The smallest absolute Gasteiger partial charge is 0.308 e. The quantitative estimate of drug-likeness (QED) is 0.871. The van der Waals surface area contributed by atoms with Crippen molar-refractivity contribution in [2.75, 3.05) is 13.1 Å². The minimum Gasteiger partial charge on any atom is -0.481 e. The Labute approximate surface area is 157 Å². The van der Waals surface area contributed by atoms with Gasteiger partial charge in [0.15, 0.2) is 6.10 Å². The zero-order chi connectivity index (χ0) is 18.7. The minimum atomic E-state index is -0.891. The van der Waals surface area contributed by atoms with Gasteiger partial charge < -0.3 is 14.7 Å². The predicted molar refractivity (Wildman–Crippen MR) is 98.4 cm³/mol. The van der Waals surface area contributed by atoms with Gasteiger partial charge >= 0.3 is 5.97 Å². The van der Waals surface area contributed by atoms with Gasteiger partial charge in [-0.1, -0.05) is 48.0 Å². The van der Waals surface area contributed by atoms with Crippen LogP contribution in [0.4, 0.5) is 0 Å². The van der Waals surface area contributed by atoms with Crippen molar-refractivity contribution in [1.29, 1.82) is 0 Å². The van der Waals surface area contributed by atoms with Crippen LogP contribution in [0.15, 0.2) is 54.6 Å². The standard InChI is InChI=1S/C20H20ClNO4/c1-13(26-16-9-5-8-15(21)10-16)19(23)22-11-17(18(12-22)20(24)25)14-6-3-2-4-7-14/h2-10,13,17-18H,11-12H2,1H3,(H,24,25)/t13?,17-,18-/m0/s1. The first kappa shape index (κ1) is 18.3. The van der Waals surface area contributed by atoms with Crippen LogP contribution in [0.2, 0.25) is 5.02 Å². The zero-order valence-corrected chi connectivity index (χ0v) is 15.1. The molecule has 5 nitrogen and oxygen atoms in total. The number of aliphatic carboxylic acids is 1. The Hall–Kier alpha value is -2.53. The van der Waals surface area contributed by atoms with Crippen molar-refractivity contribution in [2.45, 2.75) is 18.9 Å². The molecule has 1 N–H and O–H groups in total. The topological polar surface area (TPSA) is 66.8 Å². The molecule has 1 heterocycles. The number of carboxylic acids is 1. The third kappa shape index (κ3) is 3.99. The summed E-state index contributed by atoms with van der Waals surface area (Å²) in [6.07, 6.45) is -0.725. The maximum atomic E-state index is 12.8. The molecule has 0 radical (unpaired) electrons. The Balaban J connectivity index is 1.72. The first-order valence-corrected chi connectivity index (χ1v) is 8.82. The van der Waals surface area contributed by atoms with Gasteiger partial charge in [-0.25, -0.2) is 0 Å². The lowest BCUT2D eigenvalue weighted by atomic mass is 9.89. The molecule has 26 heavy (non-hydrogen) atoms. The average molecular weight is 374 g/mol. The Bertz CT molecular complexity index is 795. The Kier molecular flexibility index (Phi) is 5.47. The van der Waals surface area contributed by atoms with Crippen LogP contribution in [0, 0.1) is 5.92 Å². The summed E-state index contributed by atoms with van der Waals surface area (Å²) in [5, 5.41) is 10.1. The van der Waals surface area contributed by atoms with E-state index in [9.17, 15) is 14.7 Å². The maximum absolute atomic E-state index is 12.8. The molecule has 6 heteroatoms. The normalized spacial score (nSPS) is 20.6. The second-order valence-corrected chi connectivity index (χ2v) is 6.86. The lowest BCUT2D eigenvalue weighted by molar-refractivity contribution is -0.142. The molecule has 1 unspecified atom stereocenters. The van der Waals surface area contributed by atoms with Crippen molar-refractivity contribution in [1.82, 2.24) is 4.90 Å². The summed E-state index contributed by atoms with van der Waals surface area (Å²) in [6, 6.07) is 16.3.